The van der Waals surface area contributed by atoms with Gasteiger partial charge in [0.1, 0.15) is 0 Å². The second-order valence-electron chi connectivity index (χ2n) is 6.81. The van der Waals surface area contributed by atoms with Crippen molar-refractivity contribution in [2.45, 2.75) is 63.2 Å². The normalized spacial score (nSPS) is 34.7. The fourth-order valence-corrected chi connectivity index (χ4v) is 4.65. The van der Waals surface area contributed by atoms with Crippen molar-refractivity contribution in [2.24, 2.45) is 0 Å². The first-order valence-electron chi connectivity index (χ1n) is 7.90. The number of hydrogen-bond donors (Lipinski definition) is 1. The third kappa shape index (κ3) is 3.35. The van der Waals surface area contributed by atoms with Crippen LogP contribution in [0.25, 0.3) is 0 Å². The van der Waals surface area contributed by atoms with E-state index >= 15 is 0 Å². The minimum absolute atomic E-state index is 0.490. The van der Waals surface area contributed by atoms with Gasteiger partial charge in [0.2, 0.25) is 10.0 Å². The van der Waals surface area contributed by atoms with Crippen molar-refractivity contribution in [3.8, 4) is 0 Å². The van der Waals surface area contributed by atoms with Crippen LogP contribution in [0.5, 0.6) is 0 Å². The van der Waals surface area contributed by atoms with Crippen molar-refractivity contribution >= 4 is 10.0 Å². The van der Waals surface area contributed by atoms with Gasteiger partial charge >= 0.3 is 0 Å². The summed E-state index contributed by atoms with van der Waals surface area (Å²) in [5.74, 6) is 0. The Morgan fingerprint density at radius 2 is 1.70 bits per heavy atom. The first-order valence-corrected chi connectivity index (χ1v) is 9.75. The smallest absolute Gasteiger partial charge is 0.211 e. The summed E-state index contributed by atoms with van der Waals surface area (Å²) in [6, 6.07) is 2.64. The lowest BCUT2D eigenvalue weighted by atomic mass is 10.0. The molecule has 6 heteroatoms. The number of nitrogens with zero attached hydrogens (tertiary/aromatic N) is 2. The molecule has 0 amide bonds. The Hall–Kier alpha value is -0.170. The second kappa shape index (κ2) is 5.55. The number of sulfonamides is 1. The molecule has 0 radical (unpaired) electrons. The van der Waals surface area contributed by atoms with E-state index in [1.54, 1.807) is 4.31 Å². The van der Waals surface area contributed by atoms with E-state index in [2.05, 4.69) is 17.1 Å². The minimum atomic E-state index is -3.00. The lowest BCUT2D eigenvalue weighted by Gasteiger charge is -2.32. The van der Waals surface area contributed by atoms with Gasteiger partial charge in [0.25, 0.3) is 0 Å². The third-order valence-corrected chi connectivity index (χ3v) is 6.34. The van der Waals surface area contributed by atoms with E-state index < -0.39 is 10.0 Å². The molecular formula is C14H27N3O2S. The molecule has 1 N–H and O–H groups in total. The van der Waals surface area contributed by atoms with Crippen molar-refractivity contribution in [1.29, 1.82) is 0 Å². The van der Waals surface area contributed by atoms with Gasteiger partial charge in [-0.15, -0.1) is 0 Å². The van der Waals surface area contributed by atoms with Crippen LogP contribution >= 0.6 is 0 Å². The van der Waals surface area contributed by atoms with Crippen LogP contribution in [0.15, 0.2) is 0 Å². The Balaban J connectivity index is 1.46. The van der Waals surface area contributed by atoms with Crippen LogP contribution in [0.4, 0.5) is 0 Å². The van der Waals surface area contributed by atoms with E-state index in [1.807, 2.05) is 0 Å². The minimum Gasteiger partial charge on any atom is -0.310 e. The monoisotopic (exact) mass is 301 g/mol. The molecule has 1 saturated carbocycles. The standard InChI is InChI=1S/C14H27N3O2S/c1-11-9-13(10-17(11)14-3-4-14)15-12-5-7-16(8-6-12)20(2,18)19/h11-15H,3-10H2,1-2H3. The van der Waals surface area contributed by atoms with Crippen molar-refractivity contribution in [1.82, 2.24) is 14.5 Å². The quantitative estimate of drug-likeness (QED) is 0.827. The lowest BCUT2D eigenvalue weighted by molar-refractivity contribution is 0.246. The Morgan fingerprint density at radius 1 is 1.05 bits per heavy atom. The van der Waals surface area contributed by atoms with E-state index in [9.17, 15) is 8.42 Å². The van der Waals surface area contributed by atoms with Gasteiger partial charge in [-0.25, -0.2) is 12.7 Å². The summed E-state index contributed by atoms with van der Waals surface area (Å²) in [6.07, 6.45) is 7.20. The molecule has 2 atom stereocenters. The van der Waals surface area contributed by atoms with Crippen LogP contribution in [0.1, 0.15) is 39.0 Å². The zero-order valence-corrected chi connectivity index (χ0v) is 13.4. The van der Waals surface area contributed by atoms with Gasteiger partial charge in [-0.2, -0.15) is 0 Å². The average Bonchev–Trinajstić information content (AvgIpc) is 3.14. The SMILES string of the molecule is CC1CC(NC2CCN(S(C)(=O)=O)CC2)CN1C1CC1. The van der Waals surface area contributed by atoms with Gasteiger partial charge in [0, 0.05) is 43.8 Å². The summed E-state index contributed by atoms with van der Waals surface area (Å²) in [4.78, 5) is 2.66. The Morgan fingerprint density at radius 3 is 2.25 bits per heavy atom. The highest BCUT2D eigenvalue weighted by Crippen LogP contribution is 2.33. The highest BCUT2D eigenvalue weighted by atomic mass is 32.2. The molecule has 0 aromatic heterocycles. The fourth-order valence-electron chi connectivity index (χ4n) is 3.78. The van der Waals surface area contributed by atoms with Gasteiger partial charge in [-0.1, -0.05) is 0 Å². The summed E-state index contributed by atoms with van der Waals surface area (Å²) in [6.45, 7) is 4.86. The number of piperidine rings is 1. The highest BCUT2D eigenvalue weighted by molar-refractivity contribution is 7.88. The maximum Gasteiger partial charge on any atom is 0.211 e. The molecule has 2 aliphatic heterocycles. The third-order valence-electron chi connectivity index (χ3n) is 5.03. The van der Waals surface area contributed by atoms with Crippen molar-refractivity contribution in [3.63, 3.8) is 0 Å². The summed E-state index contributed by atoms with van der Waals surface area (Å²) in [7, 11) is -3.00. The van der Waals surface area contributed by atoms with Gasteiger partial charge in [0.15, 0.2) is 0 Å². The molecule has 5 nitrogen and oxygen atoms in total. The summed E-state index contributed by atoms with van der Waals surface area (Å²) < 4.78 is 24.6. The van der Waals surface area contributed by atoms with Crippen molar-refractivity contribution in [2.75, 3.05) is 25.9 Å². The Bertz CT molecular complexity index is 441. The van der Waals surface area contributed by atoms with Crippen LogP contribution in [-0.2, 0) is 10.0 Å². The largest absolute Gasteiger partial charge is 0.310 e. The van der Waals surface area contributed by atoms with E-state index in [1.165, 1.54) is 32.1 Å². The van der Waals surface area contributed by atoms with E-state index in [0.29, 0.717) is 31.2 Å². The maximum absolute atomic E-state index is 11.5. The molecule has 0 bridgehead atoms. The van der Waals surface area contributed by atoms with Crippen LogP contribution < -0.4 is 5.32 Å². The van der Waals surface area contributed by atoms with Crippen LogP contribution in [-0.4, -0.2) is 67.7 Å². The lowest BCUT2D eigenvalue weighted by Crippen LogP contribution is -2.48. The molecule has 3 rings (SSSR count). The predicted octanol–water partition coefficient (Wildman–Crippen LogP) is 0.625. The highest BCUT2D eigenvalue weighted by Gasteiger charge is 2.39. The number of nitrogens with one attached hydrogen (secondary N) is 1. The van der Waals surface area contributed by atoms with E-state index in [0.717, 1.165) is 18.9 Å². The molecule has 2 unspecified atom stereocenters. The topological polar surface area (TPSA) is 52.7 Å². The van der Waals surface area contributed by atoms with Crippen molar-refractivity contribution < 1.29 is 8.42 Å². The van der Waals surface area contributed by atoms with Gasteiger partial charge < -0.3 is 5.32 Å². The van der Waals surface area contributed by atoms with E-state index in [4.69, 9.17) is 0 Å². The van der Waals surface area contributed by atoms with Gasteiger partial charge in [0.05, 0.1) is 6.26 Å². The molecule has 20 heavy (non-hydrogen) atoms. The first kappa shape index (κ1) is 14.8. The summed E-state index contributed by atoms with van der Waals surface area (Å²) >= 11 is 0. The predicted molar refractivity (Wildman–Crippen MR) is 80.2 cm³/mol. The molecule has 3 fully saturated rings. The van der Waals surface area contributed by atoms with E-state index in [-0.39, 0.29) is 0 Å². The van der Waals surface area contributed by atoms with Crippen LogP contribution in [0, 0.1) is 0 Å². The van der Waals surface area contributed by atoms with Crippen molar-refractivity contribution in [3.05, 3.63) is 0 Å². The molecule has 0 aromatic carbocycles. The Labute approximate surface area is 122 Å². The summed E-state index contributed by atoms with van der Waals surface area (Å²) in [5.41, 5.74) is 0. The fraction of sp³-hybridized carbons (Fsp3) is 1.00. The molecule has 3 aliphatic rings. The summed E-state index contributed by atoms with van der Waals surface area (Å²) in [5, 5.41) is 3.77. The van der Waals surface area contributed by atoms with Crippen LogP contribution in [0.3, 0.4) is 0 Å². The number of rotatable bonds is 4. The molecular weight excluding hydrogens is 274 g/mol. The Kier molecular flexibility index (Phi) is 4.10. The molecule has 0 aromatic rings. The average molecular weight is 301 g/mol. The number of hydrogen-bond acceptors (Lipinski definition) is 4. The van der Waals surface area contributed by atoms with Gasteiger partial charge in [-0.05, 0) is 39.0 Å². The molecule has 1 aliphatic carbocycles. The zero-order valence-electron chi connectivity index (χ0n) is 12.6. The zero-order chi connectivity index (χ0) is 14.3. The molecule has 0 spiro atoms. The molecule has 2 heterocycles. The second-order valence-corrected chi connectivity index (χ2v) is 8.80. The molecule has 116 valence electrons. The number of likely N-dealkylation sites (tertiary alicyclic amines) is 1. The maximum atomic E-state index is 11.5. The van der Waals surface area contributed by atoms with Crippen LogP contribution in [0.2, 0.25) is 0 Å². The first-order chi connectivity index (χ1) is 9.43. The van der Waals surface area contributed by atoms with Gasteiger partial charge in [-0.3, -0.25) is 4.90 Å². The molecule has 2 saturated heterocycles.